The van der Waals surface area contributed by atoms with Crippen molar-refractivity contribution in [3.05, 3.63) is 30.1 Å². The second-order valence-electron chi connectivity index (χ2n) is 3.14. The van der Waals surface area contributed by atoms with Crippen molar-refractivity contribution in [1.29, 1.82) is 0 Å². The molecule has 5 heteroatoms. The standard InChI is InChI=1S/C10H10N2O3/c13-5-4-12-6-11-8-3-1-2-7(9(8)12)10(14)15/h1-3,6,13H,4-5H2,(H,14,15). The molecule has 0 aliphatic heterocycles. The van der Waals surface area contributed by atoms with Crippen molar-refractivity contribution in [3.63, 3.8) is 0 Å². The third-order valence-electron chi connectivity index (χ3n) is 2.21. The topological polar surface area (TPSA) is 75.3 Å². The Labute approximate surface area is 85.6 Å². The van der Waals surface area contributed by atoms with E-state index in [0.717, 1.165) is 0 Å². The van der Waals surface area contributed by atoms with Crippen LogP contribution in [-0.4, -0.2) is 32.3 Å². The molecule has 2 aromatic rings. The van der Waals surface area contributed by atoms with E-state index in [0.29, 0.717) is 17.6 Å². The van der Waals surface area contributed by atoms with E-state index >= 15 is 0 Å². The Morgan fingerprint density at radius 3 is 2.93 bits per heavy atom. The first-order valence-corrected chi connectivity index (χ1v) is 4.52. The molecule has 1 heterocycles. The predicted molar refractivity (Wildman–Crippen MR) is 53.8 cm³/mol. The summed E-state index contributed by atoms with van der Waals surface area (Å²) in [6.07, 6.45) is 1.54. The zero-order valence-electron chi connectivity index (χ0n) is 7.92. The van der Waals surface area contributed by atoms with Gasteiger partial charge in [0.05, 0.1) is 29.5 Å². The minimum absolute atomic E-state index is 0.0422. The van der Waals surface area contributed by atoms with E-state index in [9.17, 15) is 4.79 Å². The summed E-state index contributed by atoms with van der Waals surface area (Å²) in [5, 5.41) is 17.8. The molecular formula is C10H10N2O3. The quantitative estimate of drug-likeness (QED) is 0.776. The van der Waals surface area contributed by atoms with Crippen LogP contribution in [0, 0.1) is 0 Å². The summed E-state index contributed by atoms with van der Waals surface area (Å²) in [7, 11) is 0. The molecule has 0 radical (unpaired) electrons. The van der Waals surface area contributed by atoms with Crippen LogP contribution in [0.3, 0.4) is 0 Å². The number of aromatic nitrogens is 2. The van der Waals surface area contributed by atoms with Crippen LogP contribution in [0.25, 0.3) is 11.0 Å². The number of benzene rings is 1. The number of imidazole rings is 1. The van der Waals surface area contributed by atoms with Gasteiger partial charge in [0.2, 0.25) is 0 Å². The molecule has 0 unspecified atom stereocenters. The van der Waals surface area contributed by atoms with Crippen LogP contribution in [0.5, 0.6) is 0 Å². The number of aliphatic hydroxyl groups excluding tert-OH is 1. The van der Waals surface area contributed by atoms with Crippen molar-refractivity contribution in [2.45, 2.75) is 6.54 Å². The molecule has 15 heavy (non-hydrogen) atoms. The first kappa shape index (κ1) is 9.67. The van der Waals surface area contributed by atoms with Crippen molar-refractivity contribution >= 4 is 17.0 Å². The summed E-state index contributed by atoms with van der Waals surface area (Å²) < 4.78 is 1.64. The average molecular weight is 206 g/mol. The summed E-state index contributed by atoms with van der Waals surface area (Å²) in [5.74, 6) is -0.986. The van der Waals surface area contributed by atoms with Crippen molar-refractivity contribution in [1.82, 2.24) is 9.55 Å². The van der Waals surface area contributed by atoms with Gasteiger partial charge in [-0.1, -0.05) is 6.07 Å². The van der Waals surface area contributed by atoms with E-state index in [1.165, 1.54) is 12.4 Å². The maximum absolute atomic E-state index is 11.0. The number of nitrogens with zero attached hydrogens (tertiary/aromatic N) is 2. The highest BCUT2D eigenvalue weighted by atomic mass is 16.4. The van der Waals surface area contributed by atoms with Crippen molar-refractivity contribution in [2.75, 3.05) is 6.61 Å². The van der Waals surface area contributed by atoms with Crippen LogP contribution < -0.4 is 0 Å². The number of rotatable bonds is 3. The third-order valence-corrected chi connectivity index (χ3v) is 2.21. The van der Waals surface area contributed by atoms with E-state index in [2.05, 4.69) is 4.98 Å². The van der Waals surface area contributed by atoms with Gasteiger partial charge < -0.3 is 14.8 Å². The van der Waals surface area contributed by atoms with Gasteiger partial charge in [-0.2, -0.15) is 0 Å². The summed E-state index contributed by atoms with van der Waals surface area (Å²) >= 11 is 0. The van der Waals surface area contributed by atoms with Crippen LogP contribution in [0.2, 0.25) is 0 Å². The minimum Gasteiger partial charge on any atom is -0.478 e. The summed E-state index contributed by atoms with van der Waals surface area (Å²) in [5.41, 5.74) is 1.39. The van der Waals surface area contributed by atoms with E-state index in [4.69, 9.17) is 10.2 Å². The molecule has 2 N–H and O–H groups in total. The second-order valence-corrected chi connectivity index (χ2v) is 3.14. The summed E-state index contributed by atoms with van der Waals surface area (Å²) in [6.45, 7) is 0.306. The molecule has 0 fully saturated rings. The van der Waals surface area contributed by atoms with Gasteiger partial charge >= 0.3 is 5.97 Å². The number of aliphatic hydroxyl groups is 1. The third kappa shape index (κ3) is 1.57. The van der Waals surface area contributed by atoms with Crippen LogP contribution in [-0.2, 0) is 6.54 Å². The maximum atomic E-state index is 11.0. The lowest BCUT2D eigenvalue weighted by molar-refractivity contribution is 0.0698. The fourth-order valence-corrected chi connectivity index (χ4v) is 1.58. The number of fused-ring (bicyclic) bond motifs is 1. The van der Waals surface area contributed by atoms with Gasteiger partial charge in [-0.25, -0.2) is 9.78 Å². The molecule has 1 aromatic heterocycles. The molecule has 0 aliphatic rings. The molecule has 0 amide bonds. The molecular weight excluding hydrogens is 196 g/mol. The van der Waals surface area contributed by atoms with Gasteiger partial charge in [0.15, 0.2) is 0 Å². The van der Waals surface area contributed by atoms with Gasteiger partial charge in [-0.05, 0) is 12.1 Å². The molecule has 0 saturated carbocycles. The van der Waals surface area contributed by atoms with Crippen molar-refractivity contribution in [3.8, 4) is 0 Å². The number of hydrogen-bond acceptors (Lipinski definition) is 3. The van der Waals surface area contributed by atoms with Gasteiger partial charge in [0.25, 0.3) is 0 Å². The molecule has 0 spiro atoms. The number of para-hydroxylation sites is 1. The second kappa shape index (κ2) is 3.70. The number of carbonyl (C=O) groups is 1. The SMILES string of the molecule is O=C(O)c1cccc2ncn(CCO)c12. The van der Waals surface area contributed by atoms with Crippen LogP contribution in [0.4, 0.5) is 0 Å². The van der Waals surface area contributed by atoms with Crippen LogP contribution >= 0.6 is 0 Å². The number of carboxylic acids is 1. The lowest BCUT2D eigenvalue weighted by atomic mass is 10.2. The first-order chi connectivity index (χ1) is 7.24. The molecule has 0 bridgehead atoms. The number of aromatic carboxylic acids is 1. The van der Waals surface area contributed by atoms with Crippen LogP contribution in [0.1, 0.15) is 10.4 Å². The Bertz CT molecular complexity index is 504. The van der Waals surface area contributed by atoms with Crippen LogP contribution in [0.15, 0.2) is 24.5 Å². The minimum atomic E-state index is -0.986. The largest absolute Gasteiger partial charge is 0.478 e. The molecule has 1 aromatic carbocycles. The fourth-order valence-electron chi connectivity index (χ4n) is 1.58. The lowest BCUT2D eigenvalue weighted by Gasteiger charge is -2.03. The highest BCUT2D eigenvalue weighted by molar-refractivity contribution is 6.01. The molecule has 0 atom stereocenters. The fraction of sp³-hybridized carbons (Fsp3) is 0.200. The van der Waals surface area contributed by atoms with E-state index in [-0.39, 0.29) is 12.2 Å². The average Bonchev–Trinajstić information content (AvgIpc) is 2.62. The lowest BCUT2D eigenvalue weighted by Crippen LogP contribution is -2.05. The summed E-state index contributed by atoms with van der Waals surface area (Å²) in [4.78, 5) is 15.0. The molecule has 78 valence electrons. The highest BCUT2D eigenvalue weighted by Crippen LogP contribution is 2.17. The molecule has 5 nitrogen and oxygen atoms in total. The first-order valence-electron chi connectivity index (χ1n) is 4.52. The van der Waals surface area contributed by atoms with Gasteiger partial charge in [-0.15, -0.1) is 0 Å². The van der Waals surface area contributed by atoms with E-state index in [1.807, 2.05) is 0 Å². The van der Waals surface area contributed by atoms with Gasteiger partial charge in [-0.3, -0.25) is 0 Å². The zero-order chi connectivity index (χ0) is 10.8. The molecule has 0 saturated heterocycles. The predicted octanol–water partition coefficient (Wildman–Crippen LogP) is 0.727. The van der Waals surface area contributed by atoms with E-state index < -0.39 is 5.97 Å². The Morgan fingerprint density at radius 1 is 1.47 bits per heavy atom. The zero-order valence-corrected chi connectivity index (χ0v) is 7.92. The maximum Gasteiger partial charge on any atom is 0.337 e. The Morgan fingerprint density at radius 2 is 2.27 bits per heavy atom. The monoisotopic (exact) mass is 206 g/mol. The normalized spacial score (nSPS) is 10.7. The van der Waals surface area contributed by atoms with Crippen molar-refractivity contribution in [2.24, 2.45) is 0 Å². The highest BCUT2D eigenvalue weighted by Gasteiger charge is 2.12. The Hall–Kier alpha value is -1.88. The number of hydrogen-bond donors (Lipinski definition) is 2. The van der Waals surface area contributed by atoms with E-state index in [1.54, 1.807) is 16.7 Å². The van der Waals surface area contributed by atoms with Gasteiger partial charge in [0, 0.05) is 6.54 Å². The molecule has 2 rings (SSSR count). The Balaban J connectivity index is 2.69. The van der Waals surface area contributed by atoms with Crippen molar-refractivity contribution < 1.29 is 15.0 Å². The smallest absolute Gasteiger partial charge is 0.337 e. The Kier molecular flexibility index (Phi) is 2.39. The molecule has 0 aliphatic carbocycles. The summed E-state index contributed by atoms with van der Waals surface area (Å²) in [6, 6.07) is 4.93. The van der Waals surface area contributed by atoms with Gasteiger partial charge in [0.1, 0.15) is 0 Å². The number of carboxylic acid groups (broad SMARTS) is 1.